The molecule has 1 aromatic heterocycles. The molecule has 0 bridgehead atoms. The van der Waals surface area contributed by atoms with Crippen LogP contribution in [-0.2, 0) is 14.8 Å². The van der Waals surface area contributed by atoms with E-state index in [2.05, 4.69) is 30.8 Å². The predicted octanol–water partition coefficient (Wildman–Crippen LogP) is 1.10. The van der Waals surface area contributed by atoms with Gasteiger partial charge in [0.2, 0.25) is 10.0 Å². The van der Waals surface area contributed by atoms with Crippen LogP contribution >= 0.6 is 15.9 Å². The van der Waals surface area contributed by atoms with Gasteiger partial charge in [0.15, 0.2) is 0 Å². The van der Waals surface area contributed by atoms with Crippen molar-refractivity contribution in [2.45, 2.75) is 31.2 Å². The van der Waals surface area contributed by atoms with Gasteiger partial charge in [-0.25, -0.2) is 13.1 Å². The van der Waals surface area contributed by atoms with Crippen molar-refractivity contribution in [1.29, 1.82) is 0 Å². The molecule has 0 saturated carbocycles. The number of aromatic nitrogens is 2. The van der Waals surface area contributed by atoms with Crippen LogP contribution in [0.15, 0.2) is 4.90 Å². The van der Waals surface area contributed by atoms with Crippen LogP contribution in [-0.4, -0.2) is 43.7 Å². The van der Waals surface area contributed by atoms with Gasteiger partial charge in [0.05, 0.1) is 18.0 Å². The molecule has 0 saturated heterocycles. The zero-order valence-electron chi connectivity index (χ0n) is 10.7. The third-order valence-electron chi connectivity index (χ3n) is 2.48. The number of hydrogen-bond donors (Lipinski definition) is 2. The summed E-state index contributed by atoms with van der Waals surface area (Å²) in [5, 5.41) is 7.27. The lowest BCUT2D eigenvalue weighted by Crippen LogP contribution is -2.38. The minimum atomic E-state index is -3.57. The maximum atomic E-state index is 12.3. The average Bonchev–Trinajstić information content (AvgIpc) is 2.59. The molecule has 0 aliphatic heterocycles. The average molecular weight is 340 g/mol. The van der Waals surface area contributed by atoms with Crippen molar-refractivity contribution < 1.29 is 13.2 Å². The standard InChI is InChI=1S/C10H18BrN3O3S/c1-7-10(8(2)13-12-7)18(15,16)14-9(4-5-11)6-17-3/h9,14H,4-6H2,1-3H3,(H,12,13). The number of alkyl halides is 1. The zero-order valence-corrected chi connectivity index (χ0v) is 13.1. The molecule has 1 atom stereocenters. The second kappa shape index (κ2) is 6.65. The summed E-state index contributed by atoms with van der Waals surface area (Å²) in [6.07, 6.45) is 0.656. The van der Waals surface area contributed by atoms with Gasteiger partial charge in [-0.3, -0.25) is 5.10 Å². The normalized spacial score (nSPS) is 13.8. The molecule has 0 spiro atoms. The van der Waals surface area contributed by atoms with E-state index in [9.17, 15) is 8.42 Å². The van der Waals surface area contributed by atoms with E-state index in [1.54, 1.807) is 21.0 Å². The summed E-state index contributed by atoms with van der Waals surface area (Å²) in [5.41, 5.74) is 1.00. The fraction of sp³-hybridized carbons (Fsp3) is 0.700. The molecular weight excluding hydrogens is 322 g/mol. The van der Waals surface area contributed by atoms with Crippen molar-refractivity contribution in [2.75, 3.05) is 19.0 Å². The van der Waals surface area contributed by atoms with Crippen LogP contribution < -0.4 is 4.72 Å². The third kappa shape index (κ3) is 3.78. The molecule has 0 aliphatic rings. The Bertz CT molecular complexity index is 461. The second-order valence-electron chi connectivity index (χ2n) is 4.01. The van der Waals surface area contributed by atoms with E-state index in [4.69, 9.17) is 4.74 Å². The van der Waals surface area contributed by atoms with Crippen LogP contribution in [0.3, 0.4) is 0 Å². The topological polar surface area (TPSA) is 84.1 Å². The predicted molar refractivity (Wildman–Crippen MR) is 72.5 cm³/mol. The molecule has 0 fully saturated rings. The number of methoxy groups -OCH3 is 1. The number of nitrogens with zero attached hydrogens (tertiary/aromatic N) is 1. The Labute approximate surface area is 116 Å². The molecule has 18 heavy (non-hydrogen) atoms. The summed E-state index contributed by atoms with van der Waals surface area (Å²) in [6.45, 7) is 3.68. The largest absolute Gasteiger partial charge is 0.383 e. The van der Waals surface area contributed by atoms with Gasteiger partial charge in [-0.1, -0.05) is 15.9 Å². The van der Waals surface area contributed by atoms with Gasteiger partial charge < -0.3 is 4.74 Å². The second-order valence-corrected chi connectivity index (χ2v) is 6.46. The lowest BCUT2D eigenvalue weighted by atomic mass is 10.3. The fourth-order valence-electron chi connectivity index (χ4n) is 1.72. The number of aromatic amines is 1. The fourth-order valence-corrected chi connectivity index (χ4v) is 3.90. The Morgan fingerprint density at radius 2 is 2.17 bits per heavy atom. The Balaban J connectivity index is 2.93. The number of halogens is 1. The van der Waals surface area contributed by atoms with E-state index in [0.29, 0.717) is 29.7 Å². The maximum absolute atomic E-state index is 12.3. The van der Waals surface area contributed by atoms with Crippen LogP contribution in [0.1, 0.15) is 17.8 Å². The van der Waals surface area contributed by atoms with Crippen LogP contribution in [0, 0.1) is 13.8 Å². The molecule has 1 rings (SSSR count). The summed E-state index contributed by atoms with van der Waals surface area (Å²) < 4.78 is 32.2. The van der Waals surface area contributed by atoms with Gasteiger partial charge in [-0.2, -0.15) is 5.10 Å². The van der Waals surface area contributed by atoms with Crippen LogP contribution in [0.2, 0.25) is 0 Å². The number of ether oxygens (including phenoxy) is 1. The van der Waals surface area contributed by atoms with E-state index in [1.165, 1.54) is 0 Å². The molecule has 8 heteroatoms. The number of sulfonamides is 1. The van der Waals surface area contributed by atoms with Crippen molar-refractivity contribution in [3.8, 4) is 0 Å². The van der Waals surface area contributed by atoms with Crippen molar-refractivity contribution in [2.24, 2.45) is 0 Å². The van der Waals surface area contributed by atoms with Gasteiger partial charge in [0.1, 0.15) is 4.90 Å². The summed E-state index contributed by atoms with van der Waals surface area (Å²) in [5.74, 6) is 0. The Morgan fingerprint density at radius 1 is 1.50 bits per heavy atom. The van der Waals surface area contributed by atoms with Crippen LogP contribution in [0.25, 0.3) is 0 Å². The first-order valence-electron chi connectivity index (χ1n) is 5.51. The summed E-state index contributed by atoms with van der Waals surface area (Å²) in [6, 6.07) is -0.256. The van der Waals surface area contributed by atoms with E-state index in [0.717, 1.165) is 0 Å². The first-order chi connectivity index (χ1) is 8.42. The number of H-pyrrole nitrogens is 1. The van der Waals surface area contributed by atoms with E-state index >= 15 is 0 Å². The number of nitrogens with one attached hydrogen (secondary N) is 2. The summed E-state index contributed by atoms with van der Waals surface area (Å²) in [7, 11) is -2.02. The SMILES string of the molecule is COCC(CCBr)NS(=O)(=O)c1c(C)n[nH]c1C. The van der Waals surface area contributed by atoms with E-state index in [1.807, 2.05) is 0 Å². The lowest BCUT2D eigenvalue weighted by Gasteiger charge is -2.16. The van der Waals surface area contributed by atoms with Gasteiger partial charge >= 0.3 is 0 Å². The van der Waals surface area contributed by atoms with Gasteiger partial charge in [0.25, 0.3) is 0 Å². The van der Waals surface area contributed by atoms with Crippen LogP contribution in [0.5, 0.6) is 0 Å². The highest BCUT2D eigenvalue weighted by Crippen LogP contribution is 2.17. The molecular formula is C10H18BrN3O3S. The monoisotopic (exact) mass is 339 g/mol. The summed E-state index contributed by atoms with van der Waals surface area (Å²) >= 11 is 3.30. The van der Waals surface area contributed by atoms with Crippen molar-refractivity contribution in [3.05, 3.63) is 11.4 Å². The maximum Gasteiger partial charge on any atom is 0.244 e. The smallest absolute Gasteiger partial charge is 0.244 e. The quantitative estimate of drug-likeness (QED) is 0.728. The van der Waals surface area contributed by atoms with E-state index < -0.39 is 10.0 Å². The first-order valence-corrected chi connectivity index (χ1v) is 8.11. The molecule has 6 nitrogen and oxygen atoms in total. The molecule has 0 aliphatic carbocycles. The summed E-state index contributed by atoms with van der Waals surface area (Å²) in [4.78, 5) is 0.221. The van der Waals surface area contributed by atoms with Crippen LogP contribution in [0.4, 0.5) is 0 Å². The molecule has 0 radical (unpaired) electrons. The highest BCUT2D eigenvalue weighted by atomic mass is 79.9. The first kappa shape index (κ1) is 15.6. The minimum Gasteiger partial charge on any atom is -0.383 e. The van der Waals surface area contributed by atoms with Crippen molar-refractivity contribution >= 4 is 26.0 Å². The molecule has 1 unspecified atom stereocenters. The minimum absolute atomic E-state index is 0.221. The molecule has 0 aromatic carbocycles. The lowest BCUT2D eigenvalue weighted by molar-refractivity contribution is 0.173. The Kier molecular flexibility index (Phi) is 5.77. The number of rotatable bonds is 7. The molecule has 104 valence electrons. The molecule has 1 aromatic rings. The molecule has 0 amide bonds. The van der Waals surface area contributed by atoms with Gasteiger partial charge in [-0.05, 0) is 20.3 Å². The Morgan fingerprint density at radius 3 is 2.61 bits per heavy atom. The van der Waals surface area contributed by atoms with E-state index in [-0.39, 0.29) is 10.9 Å². The highest BCUT2D eigenvalue weighted by molar-refractivity contribution is 9.09. The molecule has 2 N–H and O–H groups in total. The van der Waals surface area contributed by atoms with Crippen molar-refractivity contribution in [3.63, 3.8) is 0 Å². The highest BCUT2D eigenvalue weighted by Gasteiger charge is 2.25. The Hall–Kier alpha value is -0.440. The third-order valence-corrected chi connectivity index (χ3v) is 4.72. The molecule has 1 heterocycles. The number of aryl methyl sites for hydroxylation is 2. The number of hydrogen-bond acceptors (Lipinski definition) is 4. The van der Waals surface area contributed by atoms with Crippen molar-refractivity contribution in [1.82, 2.24) is 14.9 Å². The zero-order chi connectivity index (χ0) is 13.8. The van der Waals surface area contributed by atoms with Gasteiger partial charge in [-0.15, -0.1) is 0 Å². The van der Waals surface area contributed by atoms with Gasteiger partial charge in [0, 0.05) is 18.5 Å².